The first-order valence-electron chi connectivity index (χ1n) is 6.20. The number of hydrogen-bond donors (Lipinski definition) is 0. The highest BCUT2D eigenvalue weighted by atomic mass is 16.5. The fraction of sp³-hybridized carbons (Fsp3) is 0.571. The zero-order valence-corrected chi connectivity index (χ0v) is 10.3. The molecule has 0 aliphatic carbocycles. The maximum absolute atomic E-state index is 5.57. The van der Waals surface area contributed by atoms with Gasteiger partial charge < -0.3 is 9.64 Å². The molecule has 1 aromatic rings. The van der Waals surface area contributed by atoms with E-state index in [1.165, 1.54) is 24.1 Å². The van der Waals surface area contributed by atoms with E-state index in [0.29, 0.717) is 5.92 Å². The minimum Gasteiger partial charge on any atom is -0.361 e. The SMILES string of the molecule is CC(C)c1ccc(N2CCCCOC2)cc1. The van der Waals surface area contributed by atoms with Crippen molar-refractivity contribution in [1.29, 1.82) is 0 Å². The summed E-state index contributed by atoms with van der Waals surface area (Å²) in [6, 6.07) is 8.88. The predicted molar refractivity (Wildman–Crippen MR) is 67.9 cm³/mol. The molecule has 0 spiro atoms. The van der Waals surface area contributed by atoms with Crippen LogP contribution in [-0.2, 0) is 4.74 Å². The van der Waals surface area contributed by atoms with Crippen molar-refractivity contribution < 1.29 is 4.74 Å². The monoisotopic (exact) mass is 219 g/mol. The second-order valence-corrected chi connectivity index (χ2v) is 4.75. The van der Waals surface area contributed by atoms with Crippen LogP contribution in [0.4, 0.5) is 5.69 Å². The van der Waals surface area contributed by atoms with E-state index in [1.54, 1.807) is 0 Å². The Bertz CT molecular complexity index is 310. The lowest BCUT2D eigenvalue weighted by molar-refractivity contribution is 0.146. The summed E-state index contributed by atoms with van der Waals surface area (Å²) in [7, 11) is 0. The van der Waals surface area contributed by atoms with Gasteiger partial charge in [-0.25, -0.2) is 0 Å². The number of hydrogen-bond acceptors (Lipinski definition) is 2. The van der Waals surface area contributed by atoms with E-state index in [2.05, 4.69) is 43.0 Å². The van der Waals surface area contributed by atoms with Crippen LogP contribution < -0.4 is 4.90 Å². The summed E-state index contributed by atoms with van der Waals surface area (Å²) < 4.78 is 5.57. The van der Waals surface area contributed by atoms with Crippen molar-refractivity contribution >= 4 is 5.69 Å². The van der Waals surface area contributed by atoms with E-state index in [0.717, 1.165) is 19.9 Å². The first kappa shape index (κ1) is 11.5. The molecule has 0 bridgehead atoms. The predicted octanol–water partition coefficient (Wildman–Crippen LogP) is 3.38. The second kappa shape index (κ2) is 5.35. The zero-order chi connectivity index (χ0) is 11.4. The second-order valence-electron chi connectivity index (χ2n) is 4.75. The quantitative estimate of drug-likeness (QED) is 0.756. The number of benzene rings is 1. The highest BCUT2D eigenvalue weighted by Crippen LogP contribution is 2.21. The van der Waals surface area contributed by atoms with Gasteiger partial charge in [-0.2, -0.15) is 0 Å². The molecule has 1 aliphatic heterocycles. The van der Waals surface area contributed by atoms with Gasteiger partial charge >= 0.3 is 0 Å². The number of ether oxygens (including phenoxy) is 1. The van der Waals surface area contributed by atoms with Crippen LogP contribution in [-0.4, -0.2) is 19.9 Å². The molecule has 0 amide bonds. The molecule has 0 N–H and O–H groups in total. The van der Waals surface area contributed by atoms with Gasteiger partial charge in [-0.15, -0.1) is 0 Å². The number of rotatable bonds is 2. The molecule has 0 saturated carbocycles. The largest absolute Gasteiger partial charge is 0.361 e. The summed E-state index contributed by atoms with van der Waals surface area (Å²) in [5.74, 6) is 0.606. The van der Waals surface area contributed by atoms with Gasteiger partial charge in [0.25, 0.3) is 0 Å². The molecule has 2 heteroatoms. The standard InChI is InChI=1S/C14H21NO/c1-12(2)13-5-7-14(8-6-13)15-9-3-4-10-16-11-15/h5-8,12H,3-4,9-11H2,1-2H3. The fourth-order valence-electron chi connectivity index (χ4n) is 2.02. The van der Waals surface area contributed by atoms with Crippen molar-refractivity contribution in [2.75, 3.05) is 24.8 Å². The maximum atomic E-state index is 5.57. The normalized spacial score (nSPS) is 17.6. The Hall–Kier alpha value is -1.02. The van der Waals surface area contributed by atoms with Gasteiger partial charge in [0.15, 0.2) is 0 Å². The minimum absolute atomic E-state index is 0.606. The van der Waals surface area contributed by atoms with Gasteiger partial charge in [0.1, 0.15) is 6.73 Å². The third-order valence-corrected chi connectivity index (χ3v) is 3.14. The Morgan fingerprint density at radius 1 is 1.12 bits per heavy atom. The molecule has 0 atom stereocenters. The van der Waals surface area contributed by atoms with Crippen LogP contribution in [0, 0.1) is 0 Å². The molecule has 16 heavy (non-hydrogen) atoms. The van der Waals surface area contributed by atoms with Gasteiger partial charge in [0.05, 0.1) is 0 Å². The highest BCUT2D eigenvalue weighted by Gasteiger charge is 2.10. The summed E-state index contributed by atoms with van der Waals surface area (Å²) in [4.78, 5) is 2.32. The molecule has 2 nitrogen and oxygen atoms in total. The molecular formula is C14H21NO. The molecule has 1 heterocycles. The van der Waals surface area contributed by atoms with E-state index >= 15 is 0 Å². The molecule has 0 radical (unpaired) electrons. The highest BCUT2D eigenvalue weighted by molar-refractivity contribution is 5.47. The average molecular weight is 219 g/mol. The summed E-state index contributed by atoms with van der Waals surface area (Å²) >= 11 is 0. The first-order chi connectivity index (χ1) is 7.77. The molecule has 0 aromatic heterocycles. The average Bonchev–Trinajstić information content (AvgIpc) is 2.57. The lowest BCUT2D eigenvalue weighted by Crippen LogP contribution is -2.24. The topological polar surface area (TPSA) is 12.5 Å². The smallest absolute Gasteiger partial charge is 0.118 e. The molecule has 1 saturated heterocycles. The first-order valence-corrected chi connectivity index (χ1v) is 6.20. The van der Waals surface area contributed by atoms with E-state index < -0.39 is 0 Å². The number of anilines is 1. The molecule has 1 aliphatic rings. The van der Waals surface area contributed by atoms with Crippen molar-refractivity contribution in [3.63, 3.8) is 0 Å². The van der Waals surface area contributed by atoms with Crippen LogP contribution in [0.5, 0.6) is 0 Å². The Balaban J connectivity index is 2.07. The van der Waals surface area contributed by atoms with Crippen LogP contribution in [0.2, 0.25) is 0 Å². The Kier molecular flexibility index (Phi) is 3.83. The Labute approximate surface area is 98.2 Å². The molecule has 1 aromatic carbocycles. The Morgan fingerprint density at radius 3 is 2.56 bits per heavy atom. The van der Waals surface area contributed by atoms with Gasteiger partial charge in [0.2, 0.25) is 0 Å². The third kappa shape index (κ3) is 2.76. The molecule has 2 rings (SSSR count). The zero-order valence-electron chi connectivity index (χ0n) is 10.3. The maximum Gasteiger partial charge on any atom is 0.118 e. The van der Waals surface area contributed by atoms with Crippen LogP contribution >= 0.6 is 0 Å². The minimum atomic E-state index is 0.606. The molecule has 1 fully saturated rings. The summed E-state index contributed by atoms with van der Waals surface area (Å²) in [6.07, 6.45) is 2.41. The summed E-state index contributed by atoms with van der Waals surface area (Å²) in [5, 5.41) is 0. The van der Waals surface area contributed by atoms with Crippen molar-refractivity contribution in [1.82, 2.24) is 0 Å². The van der Waals surface area contributed by atoms with E-state index in [1.807, 2.05) is 0 Å². The van der Waals surface area contributed by atoms with Gasteiger partial charge in [-0.3, -0.25) is 0 Å². The molecular weight excluding hydrogens is 198 g/mol. The molecule has 0 unspecified atom stereocenters. The number of nitrogens with zero attached hydrogens (tertiary/aromatic N) is 1. The van der Waals surface area contributed by atoms with Crippen molar-refractivity contribution in [2.45, 2.75) is 32.6 Å². The van der Waals surface area contributed by atoms with E-state index in [-0.39, 0.29) is 0 Å². The lowest BCUT2D eigenvalue weighted by atomic mass is 10.0. The Morgan fingerprint density at radius 2 is 1.88 bits per heavy atom. The third-order valence-electron chi connectivity index (χ3n) is 3.14. The van der Waals surface area contributed by atoms with E-state index in [9.17, 15) is 0 Å². The van der Waals surface area contributed by atoms with E-state index in [4.69, 9.17) is 4.74 Å². The fourth-order valence-corrected chi connectivity index (χ4v) is 2.02. The van der Waals surface area contributed by atoms with Crippen LogP contribution in [0.25, 0.3) is 0 Å². The van der Waals surface area contributed by atoms with Crippen LogP contribution in [0.1, 0.15) is 38.2 Å². The molecule has 88 valence electrons. The van der Waals surface area contributed by atoms with Gasteiger partial charge in [-0.05, 0) is 36.5 Å². The summed E-state index contributed by atoms with van der Waals surface area (Å²) in [5.41, 5.74) is 2.69. The van der Waals surface area contributed by atoms with Crippen molar-refractivity contribution in [3.05, 3.63) is 29.8 Å². The van der Waals surface area contributed by atoms with Crippen LogP contribution in [0.15, 0.2) is 24.3 Å². The van der Waals surface area contributed by atoms with Gasteiger partial charge in [0, 0.05) is 18.8 Å². The van der Waals surface area contributed by atoms with Crippen LogP contribution in [0.3, 0.4) is 0 Å². The van der Waals surface area contributed by atoms with Crippen molar-refractivity contribution in [3.8, 4) is 0 Å². The summed E-state index contributed by atoms with van der Waals surface area (Å²) in [6.45, 7) is 7.21. The van der Waals surface area contributed by atoms with Crippen molar-refractivity contribution in [2.24, 2.45) is 0 Å². The van der Waals surface area contributed by atoms with Gasteiger partial charge in [-0.1, -0.05) is 26.0 Å². The lowest BCUT2D eigenvalue weighted by Gasteiger charge is -2.22.